The molecule has 1 aromatic rings. The van der Waals surface area contributed by atoms with Crippen LogP contribution in [0, 0.1) is 12.8 Å². The van der Waals surface area contributed by atoms with Crippen LogP contribution in [0.2, 0.25) is 0 Å². The minimum absolute atomic E-state index is 0.153. The second-order valence-electron chi connectivity index (χ2n) is 5.21. The summed E-state index contributed by atoms with van der Waals surface area (Å²) < 4.78 is 5.25. The Kier molecular flexibility index (Phi) is 7.61. The molecule has 1 aromatic carbocycles. The van der Waals surface area contributed by atoms with Gasteiger partial charge in [-0.1, -0.05) is 19.4 Å². The number of hydrogen-bond acceptors (Lipinski definition) is 3. The van der Waals surface area contributed by atoms with Crippen molar-refractivity contribution in [2.75, 3.05) is 25.6 Å². The van der Waals surface area contributed by atoms with Gasteiger partial charge in [0.1, 0.15) is 5.75 Å². The zero-order chi connectivity index (χ0) is 15.7. The molecule has 0 spiro atoms. The van der Waals surface area contributed by atoms with E-state index >= 15 is 0 Å². The van der Waals surface area contributed by atoms with Gasteiger partial charge in [0.05, 0.1) is 12.8 Å². The molecule has 0 aliphatic carbocycles. The van der Waals surface area contributed by atoms with Crippen molar-refractivity contribution < 1.29 is 14.6 Å². The Bertz CT molecular complexity index is 443. The largest absolute Gasteiger partial charge is 0.495 e. The van der Waals surface area contributed by atoms with Gasteiger partial charge in [-0.3, -0.25) is 0 Å². The number of aryl methyl sites for hydroxylation is 1. The van der Waals surface area contributed by atoms with Crippen LogP contribution >= 0.6 is 0 Å². The number of hydrogen-bond donors (Lipinski definition) is 3. The minimum Gasteiger partial charge on any atom is -0.495 e. The highest BCUT2D eigenvalue weighted by atomic mass is 16.5. The molecule has 0 aliphatic rings. The molecule has 5 heteroatoms. The molecular formula is C16H26N2O3. The fraction of sp³-hybridized carbons (Fsp3) is 0.562. The van der Waals surface area contributed by atoms with Crippen LogP contribution in [-0.4, -0.2) is 31.4 Å². The van der Waals surface area contributed by atoms with Crippen molar-refractivity contribution in [3.05, 3.63) is 23.8 Å². The number of urea groups is 1. The summed E-state index contributed by atoms with van der Waals surface area (Å²) >= 11 is 0. The van der Waals surface area contributed by atoms with E-state index in [2.05, 4.69) is 17.6 Å². The molecule has 0 saturated heterocycles. The van der Waals surface area contributed by atoms with Crippen molar-refractivity contribution in [3.63, 3.8) is 0 Å². The van der Waals surface area contributed by atoms with Crippen molar-refractivity contribution in [3.8, 4) is 5.75 Å². The molecule has 1 atom stereocenters. The van der Waals surface area contributed by atoms with Crippen molar-refractivity contribution in [1.29, 1.82) is 0 Å². The average Bonchev–Trinajstić information content (AvgIpc) is 2.47. The van der Waals surface area contributed by atoms with Gasteiger partial charge in [0.2, 0.25) is 0 Å². The molecule has 118 valence electrons. The lowest BCUT2D eigenvalue weighted by Gasteiger charge is -2.17. The maximum Gasteiger partial charge on any atom is 0.319 e. The maximum absolute atomic E-state index is 11.9. The van der Waals surface area contributed by atoms with Gasteiger partial charge in [0, 0.05) is 13.2 Å². The Morgan fingerprint density at radius 3 is 2.76 bits per heavy atom. The van der Waals surface area contributed by atoms with Gasteiger partial charge >= 0.3 is 6.03 Å². The first-order valence-corrected chi connectivity index (χ1v) is 7.41. The monoisotopic (exact) mass is 294 g/mol. The Morgan fingerprint density at radius 1 is 1.38 bits per heavy atom. The minimum atomic E-state index is -0.254. The van der Waals surface area contributed by atoms with Crippen LogP contribution in [0.3, 0.4) is 0 Å². The van der Waals surface area contributed by atoms with Crippen LogP contribution in [0.5, 0.6) is 5.75 Å². The molecular weight excluding hydrogens is 268 g/mol. The number of anilines is 1. The van der Waals surface area contributed by atoms with Gasteiger partial charge in [-0.15, -0.1) is 0 Å². The molecule has 1 unspecified atom stereocenters. The van der Waals surface area contributed by atoms with Crippen LogP contribution in [-0.2, 0) is 0 Å². The summed E-state index contributed by atoms with van der Waals surface area (Å²) in [4.78, 5) is 11.9. The third-order valence-electron chi connectivity index (χ3n) is 3.39. The standard InChI is InChI=1S/C16H26N2O3/c1-4-5-13(8-9-19)11-17-16(20)18-14-7-6-12(2)10-15(14)21-3/h6-7,10,13,19H,4-5,8-9,11H2,1-3H3,(H2,17,18,20). The summed E-state index contributed by atoms with van der Waals surface area (Å²) in [5.74, 6) is 0.955. The van der Waals surface area contributed by atoms with E-state index in [0.717, 1.165) is 18.4 Å². The first-order valence-electron chi connectivity index (χ1n) is 7.41. The molecule has 0 fully saturated rings. The summed E-state index contributed by atoms with van der Waals surface area (Å²) in [6.07, 6.45) is 2.75. The van der Waals surface area contributed by atoms with E-state index in [9.17, 15) is 4.79 Å². The van der Waals surface area contributed by atoms with Crippen molar-refractivity contribution in [1.82, 2.24) is 5.32 Å². The van der Waals surface area contributed by atoms with E-state index in [1.165, 1.54) is 0 Å². The number of rotatable bonds is 8. The summed E-state index contributed by atoms with van der Waals surface area (Å²) in [5.41, 5.74) is 1.72. The van der Waals surface area contributed by atoms with Gasteiger partial charge < -0.3 is 20.5 Å². The highest BCUT2D eigenvalue weighted by Crippen LogP contribution is 2.25. The molecule has 21 heavy (non-hydrogen) atoms. The number of carbonyl (C=O) groups is 1. The van der Waals surface area contributed by atoms with Crippen LogP contribution in [0.1, 0.15) is 31.7 Å². The summed E-state index contributed by atoms with van der Waals surface area (Å²) in [6.45, 7) is 4.78. The molecule has 0 radical (unpaired) electrons. The Balaban J connectivity index is 2.53. The topological polar surface area (TPSA) is 70.6 Å². The van der Waals surface area contributed by atoms with Crippen LogP contribution < -0.4 is 15.4 Å². The Hall–Kier alpha value is -1.75. The molecule has 0 heterocycles. The summed E-state index contributed by atoms with van der Waals surface area (Å²) in [6, 6.07) is 5.37. The summed E-state index contributed by atoms with van der Waals surface area (Å²) in [5, 5.41) is 14.7. The van der Waals surface area contributed by atoms with Crippen LogP contribution in [0.15, 0.2) is 18.2 Å². The number of carbonyl (C=O) groups excluding carboxylic acids is 1. The van der Waals surface area contributed by atoms with E-state index in [1.54, 1.807) is 7.11 Å². The lowest BCUT2D eigenvalue weighted by molar-refractivity contribution is 0.236. The average molecular weight is 294 g/mol. The Morgan fingerprint density at radius 2 is 2.14 bits per heavy atom. The predicted octanol–water partition coefficient (Wildman–Crippen LogP) is 2.92. The van der Waals surface area contributed by atoms with Crippen molar-refractivity contribution in [2.24, 2.45) is 5.92 Å². The SMILES string of the molecule is CCCC(CCO)CNC(=O)Nc1ccc(C)cc1OC. The predicted molar refractivity (Wildman–Crippen MR) is 84.9 cm³/mol. The molecule has 0 aliphatic heterocycles. The molecule has 2 amide bonds. The number of benzene rings is 1. The van der Waals surface area contributed by atoms with Gasteiger partial charge in [-0.2, -0.15) is 0 Å². The molecule has 1 rings (SSSR count). The normalized spacial score (nSPS) is 11.8. The molecule has 3 N–H and O–H groups in total. The first-order chi connectivity index (χ1) is 10.1. The number of aliphatic hydroxyl groups is 1. The number of methoxy groups -OCH3 is 1. The van der Waals surface area contributed by atoms with Gasteiger partial charge in [-0.25, -0.2) is 4.79 Å². The van der Waals surface area contributed by atoms with E-state index in [4.69, 9.17) is 9.84 Å². The quantitative estimate of drug-likeness (QED) is 0.690. The lowest BCUT2D eigenvalue weighted by atomic mass is 10.0. The van der Waals surface area contributed by atoms with Crippen molar-refractivity contribution >= 4 is 11.7 Å². The zero-order valence-electron chi connectivity index (χ0n) is 13.1. The molecule has 0 aromatic heterocycles. The fourth-order valence-corrected chi connectivity index (χ4v) is 2.24. The second kappa shape index (κ2) is 9.23. The number of aliphatic hydroxyl groups excluding tert-OH is 1. The lowest BCUT2D eigenvalue weighted by Crippen LogP contribution is -2.33. The fourth-order valence-electron chi connectivity index (χ4n) is 2.24. The van der Waals surface area contributed by atoms with Crippen molar-refractivity contribution in [2.45, 2.75) is 33.1 Å². The molecule has 0 bridgehead atoms. The third-order valence-corrected chi connectivity index (χ3v) is 3.39. The van der Waals surface area contributed by atoms with Crippen LogP contribution in [0.25, 0.3) is 0 Å². The third kappa shape index (κ3) is 6.04. The highest BCUT2D eigenvalue weighted by molar-refractivity contribution is 5.90. The van der Waals surface area contributed by atoms with Gasteiger partial charge in [0.25, 0.3) is 0 Å². The smallest absolute Gasteiger partial charge is 0.319 e. The van der Waals surface area contributed by atoms with E-state index in [0.29, 0.717) is 30.3 Å². The van der Waals surface area contributed by atoms with E-state index in [1.807, 2.05) is 25.1 Å². The maximum atomic E-state index is 11.9. The Labute approximate surface area is 126 Å². The van der Waals surface area contributed by atoms with E-state index < -0.39 is 0 Å². The molecule has 0 saturated carbocycles. The number of ether oxygens (including phenoxy) is 1. The summed E-state index contributed by atoms with van der Waals surface area (Å²) in [7, 11) is 1.58. The van der Waals surface area contributed by atoms with Crippen LogP contribution in [0.4, 0.5) is 10.5 Å². The zero-order valence-corrected chi connectivity index (χ0v) is 13.1. The van der Waals surface area contributed by atoms with Gasteiger partial charge in [0.15, 0.2) is 0 Å². The second-order valence-corrected chi connectivity index (χ2v) is 5.21. The first kappa shape index (κ1) is 17.3. The highest BCUT2D eigenvalue weighted by Gasteiger charge is 2.11. The van der Waals surface area contributed by atoms with E-state index in [-0.39, 0.29) is 12.6 Å². The number of amides is 2. The molecule has 5 nitrogen and oxygen atoms in total. The number of nitrogens with one attached hydrogen (secondary N) is 2. The van der Waals surface area contributed by atoms with Gasteiger partial charge in [-0.05, 0) is 43.4 Å².